The Hall–Kier alpha value is -2.76. The van der Waals surface area contributed by atoms with E-state index in [1.54, 1.807) is 30.3 Å². The van der Waals surface area contributed by atoms with E-state index in [9.17, 15) is 10.1 Å². The number of nitrogens with zero attached hydrogens (tertiary/aromatic N) is 1. The van der Waals surface area contributed by atoms with Crippen molar-refractivity contribution in [3.63, 3.8) is 0 Å². The Labute approximate surface area is 122 Å². The van der Waals surface area contributed by atoms with Gasteiger partial charge in [-0.15, -0.1) is 0 Å². The standard InChI is InChI=1S/C15H17N3O3/c1-10(2)21-15-8-13(7-14(9-15)18(19)20)17-12-5-3-11(16)4-6-12/h3-10,17H,16H2,1-2H3. The van der Waals surface area contributed by atoms with Gasteiger partial charge in [0.15, 0.2) is 0 Å². The van der Waals surface area contributed by atoms with Crippen molar-refractivity contribution in [2.45, 2.75) is 20.0 Å². The summed E-state index contributed by atoms with van der Waals surface area (Å²) in [6.45, 7) is 3.73. The fourth-order valence-electron chi connectivity index (χ4n) is 1.83. The van der Waals surface area contributed by atoms with Crippen LogP contribution < -0.4 is 15.8 Å². The van der Waals surface area contributed by atoms with E-state index in [-0.39, 0.29) is 11.8 Å². The van der Waals surface area contributed by atoms with Crippen LogP contribution in [0.15, 0.2) is 42.5 Å². The number of anilines is 3. The summed E-state index contributed by atoms with van der Waals surface area (Å²) < 4.78 is 5.54. The van der Waals surface area contributed by atoms with Crippen LogP contribution in [0.3, 0.4) is 0 Å². The molecule has 0 bridgehead atoms. The van der Waals surface area contributed by atoms with Gasteiger partial charge >= 0.3 is 0 Å². The summed E-state index contributed by atoms with van der Waals surface area (Å²) in [6, 6.07) is 11.7. The second-order valence-electron chi connectivity index (χ2n) is 4.89. The summed E-state index contributed by atoms with van der Waals surface area (Å²) >= 11 is 0. The lowest BCUT2D eigenvalue weighted by Crippen LogP contribution is -2.06. The average molecular weight is 287 g/mol. The highest BCUT2D eigenvalue weighted by Gasteiger charge is 2.11. The van der Waals surface area contributed by atoms with E-state index in [1.807, 2.05) is 13.8 Å². The zero-order valence-electron chi connectivity index (χ0n) is 11.9. The molecule has 0 heterocycles. The molecule has 0 aliphatic rings. The molecule has 0 fully saturated rings. The van der Waals surface area contributed by atoms with Crippen molar-refractivity contribution in [1.29, 1.82) is 0 Å². The first-order valence-corrected chi connectivity index (χ1v) is 6.53. The van der Waals surface area contributed by atoms with Gasteiger partial charge in [0, 0.05) is 29.2 Å². The molecule has 2 rings (SSSR count). The molecule has 0 spiro atoms. The molecule has 3 N–H and O–H groups in total. The van der Waals surface area contributed by atoms with Crippen molar-refractivity contribution in [3.05, 3.63) is 52.6 Å². The Balaban J connectivity index is 2.30. The van der Waals surface area contributed by atoms with Crippen LogP contribution in [0.5, 0.6) is 5.75 Å². The largest absolute Gasteiger partial charge is 0.491 e. The molecule has 21 heavy (non-hydrogen) atoms. The highest BCUT2D eigenvalue weighted by atomic mass is 16.6. The number of nitrogens with one attached hydrogen (secondary N) is 1. The summed E-state index contributed by atoms with van der Waals surface area (Å²) in [7, 11) is 0. The monoisotopic (exact) mass is 287 g/mol. The minimum absolute atomic E-state index is 0.0221. The molecule has 0 saturated heterocycles. The number of hydrogen-bond donors (Lipinski definition) is 2. The van der Waals surface area contributed by atoms with Crippen LogP contribution in [0.1, 0.15) is 13.8 Å². The number of nitrogen functional groups attached to an aromatic ring is 1. The van der Waals surface area contributed by atoms with E-state index in [0.717, 1.165) is 5.69 Å². The molecule has 0 amide bonds. The van der Waals surface area contributed by atoms with Gasteiger partial charge in [-0.25, -0.2) is 0 Å². The van der Waals surface area contributed by atoms with Crippen molar-refractivity contribution in [2.75, 3.05) is 11.1 Å². The first-order chi connectivity index (χ1) is 9.94. The second-order valence-corrected chi connectivity index (χ2v) is 4.89. The van der Waals surface area contributed by atoms with Gasteiger partial charge in [-0.05, 0) is 38.1 Å². The highest BCUT2D eigenvalue weighted by molar-refractivity contribution is 5.66. The molecule has 0 saturated carbocycles. The van der Waals surface area contributed by atoms with E-state index in [4.69, 9.17) is 10.5 Å². The van der Waals surface area contributed by atoms with E-state index < -0.39 is 4.92 Å². The van der Waals surface area contributed by atoms with Crippen LogP contribution in [0.4, 0.5) is 22.7 Å². The van der Waals surface area contributed by atoms with Crippen molar-refractivity contribution in [3.8, 4) is 5.75 Å². The SMILES string of the molecule is CC(C)Oc1cc(Nc2ccc(N)cc2)cc([N+](=O)[O-])c1. The first-order valence-electron chi connectivity index (χ1n) is 6.53. The lowest BCUT2D eigenvalue weighted by molar-refractivity contribution is -0.384. The van der Waals surface area contributed by atoms with Crippen LogP contribution in [0, 0.1) is 10.1 Å². The molecule has 2 aromatic rings. The van der Waals surface area contributed by atoms with Crippen LogP contribution in [-0.4, -0.2) is 11.0 Å². The Kier molecular flexibility index (Phi) is 4.27. The molecule has 6 nitrogen and oxygen atoms in total. The third-order valence-corrected chi connectivity index (χ3v) is 2.67. The maximum absolute atomic E-state index is 11.0. The van der Waals surface area contributed by atoms with E-state index in [0.29, 0.717) is 17.1 Å². The molecule has 0 aliphatic carbocycles. The summed E-state index contributed by atoms with van der Waals surface area (Å²) in [4.78, 5) is 10.6. The molecule has 0 atom stereocenters. The molecule has 0 radical (unpaired) electrons. The van der Waals surface area contributed by atoms with Gasteiger partial charge in [0.1, 0.15) is 5.75 Å². The minimum atomic E-state index is -0.443. The summed E-state index contributed by atoms with van der Waals surface area (Å²) in [5.74, 6) is 0.456. The number of ether oxygens (including phenoxy) is 1. The second kappa shape index (κ2) is 6.13. The molecule has 0 aliphatic heterocycles. The number of hydrogen-bond acceptors (Lipinski definition) is 5. The molecule has 0 aromatic heterocycles. The molecule has 6 heteroatoms. The zero-order valence-corrected chi connectivity index (χ0v) is 11.9. The maximum atomic E-state index is 11.0. The molecular weight excluding hydrogens is 270 g/mol. The molecule has 2 aromatic carbocycles. The number of rotatable bonds is 5. The van der Waals surface area contributed by atoms with Crippen molar-refractivity contribution in [2.24, 2.45) is 0 Å². The van der Waals surface area contributed by atoms with Gasteiger partial charge in [0.25, 0.3) is 5.69 Å². The van der Waals surface area contributed by atoms with Gasteiger partial charge in [0.2, 0.25) is 0 Å². The lowest BCUT2D eigenvalue weighted by Gasteiger charge is -2.12. The third kappa shape index (κ3) is 4.10. The highest BCUT2D eigenvalue weighted by Crippen LogP contribution is 2.29. The quantitative estimate of drug-likeness (QED) is 0.497. The maximum Gasteiger partial charge on any atom is 0.275 e. The summed E-state index contributed by atoms with van der Waals surface area (Å²) in [6.07, 6.45) is -0.0589. The van der Waals surface area contributed by atoms with Crippen LogP contribution in [0.2, 0.25) is 0 Å². The summed E-state index contributed by atoms with van der Waals surface area (Å²) in [5, 5.41) is 14.1. The number of nitro benzene ring substituents is 1. The lowest BCUT2D eigenvalue weighted by atomic mass is 10.2. The predicted molar refractivity (Wildman–Crippen MR) is 83.0 cm³/mol. The average Bonchev–Trinajstić information content (AvgIpc) is 2.40. The molecule has 0 unspecified atom stereocenters. The molecular formula is C15H17N3O3. The van der Waals surface area contributed by atoms with Crippen LogP contribution in [-0.2, 0) is 0 Å². The normalized spacial score (nSPS) is 10.4. The Bertz CT molecular complexity index is 639. The van der Waals surface area contributed by atoms with E-state index in [2.05, 4.69) is 5.32 Å². The first kappa shape index (κ1) is 14.6. The van der Waals surface area contributed by atoms with Gasteiger partial charge in [-0.3, -0.25) is 10.1 Å². The van der Waals surface area contributed by atoms with Crippen LogP contribution in [0.25, 0.3) is 0 Å². The Morgan fingerprint density at radius 3 is 2.38 bits per heavy atom. The summed E-state index contributed by atoms with van der Waals surface area (Å²) in [5.41, 5.74) is 7.64. The Morgan fingerprint density at radius 1 is 1.14 bits per heavy atom. The van der Waals surface area contributed by atoms with Gasteiger partial charge < -0.3 is 15.8 Å². The van der Waals surface area contributed by atoms with Crippen molar-refractivity contribution in [1.82, 2.24) is 0 Å². The predicted octanol–water partition coefficient (Wildman–Crippen LogP) is 3.71. The van der Waals surface area contributed by atoms with Gasteiger partial charge in [-0.1, -0.05) is 0 Å². The smallest absolute Gasteiger partial charge is 0.275 e. The Morgan fingerprint density at radius 2 is 1.81 bits per heavy atom. The molecule has 110 valence electrons. The van der Waals surface area contributed by atoms with Crippen LogP contribution >= 0.6 is 0 Å². The number of non-ortho nitro benzene ring substituents is 1. The van der Waals surface area contributed by atoms with Crippen molar-refractivity contribution >= 4 is 22.7 Å². The fraction of sp³-hybridized carbons (Fsp3) is 0.200. The minimum Gasteiger partial charge on any atom is -0.491 e. The van der Waals surface area contributed by atoms with Gasteiger partial charge in [-0.2, -0.15) is 0 Å². The third-order valence-electron chi connectivity index (χ3n) is 2.67. The number of benzene rings is 2. The van der Waals surface area contributed by atoms with Gasteiger partial charge in [0.05, 0.1) is 17.1 Å². The fourth-order valence-corrected chi connectivity index (χ4v) is 1.83. The zero-order chi connectivity index (χ0) is 15.4. The number of nitro groups is 1. The number of nitrogens with two attached hydrogens (primary N) is 1. The van der Waals surface area contributed by atoms with Crippen molar-refractivity contribution < 1.29 is 9.66 Å². The van der Waals surface area contributed by atoms with E-state index >= 15 is 0 Å². The van der Waals surface area contributed by atoms with E-state index in [1.165, 1.54) is 12.1 Å². The topological polar surface area (TPSA) is 90.4 Å².